The standard InChI is InChI=1S/C20H18N2OS/c1-20(2)10-9-14-17-16(21-19(22-17)15-8-5-11-24-15)12-6-3-4-7-13(12)18(14)23-20/h3-8,11H,9-10H2,1-2H3,(H,21,22). The maximum atomic E-state index is 6.39. The number of hydrogen-bond donors (Lipinski definition) is 1. The molecule has 0 fully saturated rings. The lowest BCUT2D eigenvalue weighted by molar-refractivity contribution is 0.0873. The molecule has 4 aromatic rings. The largest absolute Gasteiger partial charge is 0.487 e. The van der Waals surface area contributed by atoms with E-state index in [2.05, 4.69) is 60.6 Å². The summed E-state index contributed by atoms with van der Waals surface area (Å²) in [6, 6.07) is 12.6. The molecule has 120 valence electrons. The van der Waals surface area contributed by atoms with Crippen molar-refractivity contribution in [3.05, 3.63) is 47.3 Å². The highest BCUT2D eigenvalue weighted by Crippen LogP contribution is 2.44. The Balaban J connectivity index is 1.88. The normalized spacial score (nSPS) is 16.2. The van der Waals surface area contributed by atoms with Crippen LogP contribution in [0.4, 0.5) is 0 Å². The molecule has 1 aliphatic rings. The Bertz CT molecular complexity index is 1060. The molecule has 1 aliphatic heterocycles. The fraction of sp³-hybridized carbons (Fsp3) is 0.250. The van der Waals surface area contributed by atoms with Crippen molar-refractivity contribution >= 4 is 33.1 Å². The number of aromatic nitrogens is 2. The van der Waals surface area contributed by atoms with Crippen molar-refractivity contribution < 1.29 is 4.74 Å². The van der Waals surface area contributed by atoms with Gasteiger partial charge in [-0.2, -0.15) is 0 Å². The summed E-state index contributed by atoms with van der Waals surface area (Å²) in [6.07, 6.45) is 2.01. The molecule has 0 saturated heterocycles. The van der Waals surface area contributed by atoms with Gasteiger partial charge in [-0.3, -0.25) is 0 Å². The van der Waals surface area contributed by atoms with E-state index in [9.17, 15) is 0 Å². The van der Waals surface area contributed by atoms with Gasteiger partial charge in [0.1, 0.15) is 17.2 Å². The Morgan fingerprint density at radius 3 is 2.75 bits per heavy atom. The predicted molar refractivity (Wildman–Crippen MR) is 99.9 cm³/mol. The van der Waals surface area contributed by atoms with E-state index < -0.39 is 0 Å². The van der Waals surface area contributed by atoms with Crippen LogP contribution in [0.2, 0.25) is 0 Å². The highest BCUT2D eigenvalue weighted by molar-refractivity contribution is 7.13. The third-order valence-corrected chi connectivity index (χ3v) is 5.69. The highest BCUT2D eigenvalue weighted by atomic mass is 32.1. The van der Waals surface area contributed by atoms with E-state index in [1.54, 1.807) is 11.3 Å². The van der Waals surface area contributed by atoms with Crippen LogP contribution in [0.3, 0.4) is 0 Å². The molecular weight excluding hydrogens is 316 g/mol. The number of fused-ring (bicyclic) bond motifs is 6. The van der Waals surface area contributed by atoms with Crippen molar-refractivity contribution in [2.75, 3.05) is 0 Å². The summed E-state index contributed by atoms with van der Waals surface area (Å²) in [4.78, 5) is 9.66. The number of rotatable bonds is 1. The zero-order valence-electron chi connectivity index (χ0n) is 13.7. The molecule has 0 spiro atoms. The van der Waals surface area contributed by atoms with Crippen molar-refractivity contribution in [3.63, 3.8) is 0 Å². The predicted octanol–water partition coefficient (Wildman–Crippen LogP) is 5.55. The summed E-state index contributed by atoms with van der Waals surface area (Å²) in [6.45, 7) is 4.33. The molecule has 2 aromatic carbocycles. The lowest BCUT2D eigenvalue weighted by Crippen LogP contribution is -2.32. The first-order valence-corrected chi connectivity index (χ1v) is 9.16. The Labute approximate surface area is 144 Å². The lowest BCUT2D eigenvalue weighted by atomic mass is 9.91. The van der Waals surface area contributed by atoms with E-state index in [1.165, 1.54) is 21.2 Å². The van der Waals surface area contributed by atoms with Crippen molar-refractivity contribution in [1.29, 1.82) is 0 Å². The van der Waals surface area contributed by atoms with Gasteiger partial charge in [0.15, 0.2) is 0 Å². The van der Waals surface area contributed by atoms with Gasteiger partial charge in [0.2, 0.25) is 0 Å². The minimum Gasteiger partial charge on any atom is -0.487 e. The van der Waals surface area contributed by atoms with Crippen LogP contribution in [0.5, 0.6) is 5.75 Å². The molecule has 0 bridgehead atoms. The van der Waals surface area contributed by atoms with E-state index >= 15 is 0 Å². The van der Waals surface area contributed by atoms with Gasteiger partial charge in [0, 0.05) is 16.3 Å². The number of benzene rings is 2. The first kappa shape index (κ1) is 14.1. The second-order valence-corrected chi connectivity index (χ2v) is 7.95. The molecule has 3 heterocycles. The average molecular weight is 334 g/mol. The second kappa shape index (κ2) is 4.84. The molecule has 3 nitrogen and oxygen atoms in total. The fourth-order valence-corrected chi connectivity index (χ4v) is 4.26. The summed E-state index contributed by atoms with van der Waals surface area (Å²) in [7, 11) is 0. The average Bonchev–Trinajstić information content (AvgIpc) is 3.23. The maximum absolute atomic E-state index is 6.39. The first-order chi connectivity index (χ1) is 11.6. The summed E-state index contributed by atoms with van der Waals surface area (Å²) >= 11 is 1.71. The summed E-state index contributed by atoms with van der Waals surface area (Å²) in [5, 5.41) is 4.44. The summed E-state index contributed by atoms with van der Waals surface area (Å²) < 4.78 is 6.39. The van der Waals surface area contributed by atoms with Gasteiger partial charge in [-0.15, -0.1) is 11.3 Å². The molecule has 5 rings (SSSR count). The number of thiophene rings is 1. The van der Waals surface area contributed by atoms with Crippen LogP contribution in [0, 0.1) is 0 Å². The Kier molecular flexibility index (Phi) is 2.83. The fourth-order valence-electron chi connectivity index (χ4n) is 3.59. The number of ether oxygens (including phenoxy) is 1. The van der Waals surface area contributed by atoms with E-state index in [0.717, 1.165) is 35.4 Å². The van der Waals surface area contributed by atoms with E-state index in [-0.39, 0.29) is 5.60 Å². The quantitative estimate of drug-likeness (QED) is 0.496. The molecule has 0 aliphatic carbocycles. The van der Waals surface area contributed by atoms with Crippen LogP contribution in [-0.2, 0) is 6.42 Å². The zero-order valence-corrected chi connectivity index (χ0v) is 14.5. The Morgan fingerprint density at radius 1 is 1.12 bits per heavy atom. The van der Waals surface area contributed by atoms with Gasteiger partial charge in [0.05, 0.1) is 15.9 Å². The SMILES string of the molecule is CC1(C)CCc2c(c3ccccc3c3[nH]c(-c4cccs4)nc23)O1. The van der Waals surface area contributed by atoms with Gasteiger partial charge in [-0.25, -0.2) is 4.98 Å². The third kappa shape index (κ3) is 1.99. The summed E-state index contributed by atoms with van der Waals surface area (Å²) in [5.74, 6) is 1.96. The van der Waals surface area contributed by atoms with Crippen LogP contribution >= 0.6 is 11.3 Å². The molecule has 4 heteroatoms. The number of nitrogens with one attached hydrogen (secondary N) is 1. The lowest BCUT2D eigenvalue weighted by Gasteiger charge is -2.33. The van der Waals surface area contributed by atoms with Gasteiger partial charge in [-0.05, 0) is 38.1 Å². The van der Waals surface area contributed by atoms with Crippen molar-refractivity contribution in [3.8, 4) is 16.5 Å². The van der Waals surface area contributed by atoms with Gasteiger partial charge in [0.25, 0.3) is 0 Å². The van der Waals surface area contributed by atoms with E-state index in [0.29, 0.717) is 0 Å². The molecule has 0 amide bonds. The zero-order chi connectivity index (χ0) is 16.3. The number of hydrogen-bond acceptors (Lipinski definition) is 3. The smallest absolute Gasteiger partial charge is 0.148 e. The second-order valence-electron chi connectivity index (χ2n) is 7.00. The maximum Gasteiger partial charge on any atom is 0.148 e. The van der Waals surface area contributed by atoms with Crippen LogP contribution in [-0.4, -0.2) is 15.6 Å². The van der Waals surface area contributed by atoms with Gasteiger partial charge < -0.3 is 9.72 Å². The Morgan fingerprint density at radius 2 is 1.96 bits per heavy atom. The third-order valence-electron chi connectivity index (χ3n) is 4.81. The summed E-state index contributed by atoms with van der Waals surface area (Å²) in [5.41, 5.74) is 3.29. The number of nitrogens with zero attached hydrogens (tertiary/aromatic N) is 1. The molecule has 0 atom stereocenters. The molecule has 24 heavy (non-hydrogen) atoms. The van der Waals surface area contributed by atoms with Crippen molar-refractivity contribution in [2.24, 2.45) is 0 Å². The van der Waals surface area contributed by atoms with Crippen molar-refractivity contribution in [1.82, 2.24) is 9.97 Å². The van der Waals surface area contributed by atoms with Crippen LogP contribution in [0.1, 0.15) is 25.8 Å². The van der Waals surface area contributed by atoms with Gasteiger partial charge >= 0.3 is 0 Å². The van der Waals surface area contributed by atoms with Crippen molar-refractivity contribution in [2.45, 2.75) is 32.3 Å². The Hall–Kier alpha value is -2.33. The van der Waals surface area contributed by atoms with Crippen LogP contribution in [0.15, 0.2) is 41.8 Å². The topological polar surface area (TPSA) is 37.9 Å². The molecule has 0 unspecified atom stereocenters. The molecule has 1 N–H and O–H groups in total. The number of H-pyrrole nitrogens is 1. The molecular formula is C20H18N2OS. The molecule has 0 saturated carbocycles. The number of aromatic amines is 1. The number of aryl methyl sites for hydroxylation is 1. The minimum absolute atomic E-state index is 0.129. The highest BCUT2D eigenvalue weighted by Gasteiger charge is 2.30. The monoisotopic (exact) mass is 334 g/mol. The number of imidazole rings is 1. The van der Waals surface area contributed by atoms with E-state index in [1.807, 2.05) is 0 Å². The molecule has 2 aromatic heterocycles. The van der Waals surface area contributed by atoms with Crippen LogP contribution in [0.25, 0.3) is 32.5 Å². The van der Waals surface area contributed by atoms with Crippen LogP contribution < -0.4 is 4.74 Å². The molecule has 0 radical (unpaired) electrons. The van der Waals surface area contributed by atoms with Gasteiger partial charge in [-0.1, -0.05) is 30.3 Å². The van der Waals surface area contributed by atoms with E-state index in [4.69, 9.17) is 9.72 Å². The minimum atomic E-state index is -0.129. The first-order valence-electron chi connectivity index (χ1n) is 8.29.